The van der Waals surface area contributed by atoms with Crippen molar-refractivity contribution in [3.8, 4) is 16.9 Å². The molecule has 154 valence electrons. The lowest BCUT2D eigenvalue weighted by atomic mass is 10.1. The number of rotatable bonds is 5. The van der Waals surface area contributed by atoms with Crippen LogP contribution in [0.4, 0.5) is 17.1 Å². The Morgan fingerprint density at radius 1 is 0.968 bits per heavy atom. The number of anilines is 1. The number of ether oxygens (including phenoxy) is 1. The Labute approximate surface area is 176 Å². The molecule has 0 aliphatic rings. The third-order valence-electron chi connectivity index (χ3n) is 4.65. The molecule has 8 nitrogen and oxygen atoms in total. The van der Waals surface area contributed by atoms with E-state index < -0.39 is 17.2 Å². The van der Waals surface area contributed by atoms with Crippen LogP contribution in [0.15, 0.2) is 86.2 Å². The average Bonchev–Trinajstić information content (AvgIpc) is 2.77. The number of azo groups is 1. The fraction of sp³-hybridized carbons (Fsp3) is 0.0435. The number of hydrogen-bond acceptors (Lipinski definition) is 7. The molecule has 0 fully saturated rings. The molecule has 3 aromatic carbocycles. The highest BCUT2D eigenvalue weighted by molar-refractivity contribution is 5.93. The van der Waals surface area contributed by atoms with Gasteiger partial charge in [-0.2, -0.15) is 5.11 Å². The van der Waals surface area contributed by atoms with Crippen molar-refractivity contribution >= 4 is 34.0 Å². The van der Waals surface area contributed by atoms with Crippen molar-refractivity contribution < 1.29 is 19.1 Å². The maximum absolute atomic E-state index is 11.8. The molecule has 0 amide bonds. The molecular weight excluding hydrogens is 398 g/mol. The van der Waals surface area contributed by atoms with Gasteiger partial charge in [-0.1, -0.05) is 24.3 Å². The Hall–Kier alpha value is -4.46. The van der Waals surface area contributed by atoms with Crippen LogP contribution in [0.25, 0.3) is 22.1 Å². The van der Waals surface area contributed by atoms with Crippen LogP contribution in [0.2, 0.25) is 0 Å². The monoisotopic (exact) mass is 415 g/mol. The van der Waals surface area contributed by atoms with Crippen LogP contribution >= 0.6 is 0 Å². The number of carboxylic acid groups (broad SMARTS) is 1. The molecule has 4 aromatic rings. The van der Waals surface area contributed by atoms with Gasteiger partial charge in [0.1, 0.15) is 22.6 Å². The molecule has 0 spiro atoms. The van der Waals surface area contributed by atoms with Gasteiger partial charge in [-0.05, 0) is 47.5 Å². The molecule has 3 N–H and O–H groups in total. The number of nitrogens with two attached hydrogens (primary N) is 1. The van der Waals surface area contributed by atoms with Crippen molar-refractivity contribution in [1.29, 1.82) is 0 Å². The number of nitrogen functional groups attached to an aromatic ring is 1. The molecule has 0 saturated heterocycles. The summed E-state index contributed by atoms with van der Waals surface area (Å²) in [6.45, 7) is 0. The van der Waals surface area contributed by atoms with Crippen LogP contribution in [0, 0.1) is 0 Å². The second kappa shape index (κ2) is 8.11. The number of benzene rings is 3. The summed E-state index contributed by atoms with van der Waals surface area (Å²) in [5.41, 5.74) is 8.25. The maximum atomic E-state index is 11.8. The lowest BCUT2D eigenvalue weighted by Gasteiger charge is -2.06. The van der Waals surface area contributed by atoms with E-state index in [1.807, 2.05) is 48.5 Å². The van der Waals surface area contributed by atoms with E-state index in [-0.39, 0.29) is 5.58 Å². The standard InChI is InChI=1S/C23H17N3O5/c1-30-21-12-20-15(10-18(22(27)28)23(29)31-20)11-19(21)26-25-17-8-4-14(5-9-17)13-2-6-16(24)7-3-13/h2-12H,24H2,1H3,(H,27,28)/b26-25+. The van der Waals surface area contributed by atoms with Crippen molar-refractivity contribution in [1.82, 2.24) is 0 Å². The molecule has 0 atom stereocenters. The second-order valence-corrected chi connectivity index (χ2v) is 6.68. The zero-order chi connectivity index (χ0) is 22.0. The normalized spacial score (nSPS) is 11.1. The minimum absolute atomic E-state index is 0.193. The number of carboxylic acids is 1. The number of nitrogens with zero attached hydrogens (tertiary/aromatic N) is 2. The van der Waals surface area contributed by atoms with Crippen molar-refractivity contribution in [2.45, 2.75) is 0 Å². The van der Waals surface area contributed by atoms with Gasteiger partial charge in [0, 0.05) is 17.1 Å². The lowest BCUT2D eigenvalue weighted by molar-refractivity contribution is 0.0692. The van der Waals surface area contributed by atoms with Gasteiger partial charge < -0.3 is 20.0 Å². The Balaban J connectivity index is 1.66. The summed E-state index contributed by atoms with van der Waals surface area (Å²) in [5, 5.41) is 18.0. The molecule has 0 aliphatic heterocycles. The molecule has 31 heavy (non-hydrogen) atoms. The van der Waals surface area contributed by atoms with Gasteiger partial charge in [0.15, 0.2) is 0 Å². The summed E-state index contributed by atoms with van der Waals surface area (Å²) in [7, 11) is 1.45. The molecule has 1 heterocycles. The predicted octanol–water partition coefficient (Wildman–Crippen LogP) is 5.16. The van der Waals surface area contributed by atoms with Gasteiger partial charge in [-0.25, -0.2) is 9.59 Å². The van der Waals surface area contributed by atoms with Crippen LogP contribution in [0.5, 0.6) is 5.75 Å². The number of fused-ring (bicyclic) bond motifs is 1. The van der Waals surface area contributed by atoms with Crippen LogP contribution in [-0.2, 0) is 0 Å². The number of aromatic carboxylic acids is 1. The van der Waals surface area contributed by atoms with Crippen molar-refractivity contribution in [3.05, 3.63) is 82.7 Å². The number of hydrogen-bond donors (Lipinski definition) is 2. The third-order valence-corrected chi connectivity index (χ3v) is 4.65. The van der Waals surface area contributed by atoms with Crippen LogP contribution < -0.4 is 16.1 Å². The molecule has 0 radical (unpaired) electrons. The molecule has 0 saturated carbocycles. The van der Waals surface area contributed by atoms with E-state index in [0.29, 0.717) is 28.2 Å². The Bertz CT molecular complexity index is 1360. The molecule has 0 bridgehead atoms. The third kappa shape index (κ3) is 4.13. The van der Waals surface area contributed by atoms with Crippen molar-refractivity contribution in [3.63, 3.8) is 0 Å². The zero-order valence-corrected chi connectivity index (χ0v) is 16.4. The Kier molecular flexibility index (Phi) is 5.19. The minimum Gasteiger partial charge on any atom is -0.494 e. The summed E-state index contributed by atoms with van der Waals surface area (Å²) in [6.07, 6.45) is 0. The topological polar surface area (TPSA) is 127 Å². The first-order chi connectivity index (χ1) is 14.9. The van der Waals surface area contributed by atoms with Crippen LogP contribution in [0.1, 0.15) is 10.4 Å². The van der Waals surface area contributed by atoms with Crippen molar-refractivity contribution in [2.24, 2.45) is 10.2 Å². The second-order valence-electron chi connectivity index (χ2n) is 6.68. The first-order valence-electron chi connectivity index (χ1n) is 9.21. The zero-order valence-electron chi connectivity index (χ0n) is 16.4. The van der Waals surface area contributed by atoms with Crippen LogP contribution in [-0.4, -0.2) is 18.2 Å². The summed E-state index contributed by atoms with van der Waals surface area (Å²) in [5.74, 6) is -1.03. The lowest BCUT2D eigenvalue weighted by Crippen LogP contribution is -2.12. The Morgan fingerprint density at radius 2 is 1.61 bits per heavy atom. The van der Waals surface area contributed by atoms with Gasteiger partial charge in [0.25, 0.3) is 0 Å². The SMILES string of the molecule is COc1cc2oc(=O)c(C(=O)O)cc2cc1/N=N/c1ccc(-c2ccc(N)cc2)cc1. The smallest absolute Gasteiger partial charge is 0.351 e. The molecular formula is C23H17N3O5. The largest absolute Gasteiger partial charge is 0.494 e. The van der Waals surface area contributed by atoms with Gasteiger partial charge in [-0.3, -0.25) is 0 Å². The molecule has 8 heteroatoms. The van der Waals surface area contributed by atoms with Gasteiger partial charge in [0.05, 0.1) is 12.8 Å². The minimum atomic E-state index is -1.36. The summed E-state index contributed by atoms with van der Waals surface area (Å²) >= 11 is 0. The van der Waals surface area contributed by atoms with E-state index in [2.05, 4.69) is 10.2 Å². The van der Waals surface area contributed by atoms with E-state index in [9.17, 15) is 9.59 Å². The van der Waals surface area contributed by atoms with Crippen LogP contribution in [0.3, 0.4) is 0 Å². The van der Waals surface area contributed by atoms with Crippen molar-refractivity contribution in [2.75, 3.05) is 12.8 Å². The number of methoxy groups -OCH3 is 1. The maximum Gasteiger partial charge on any atom is 0.351 e. The predicted molar refractivity (Wildman–Crippen MR) is 116 cm³/mol. The van der Waals surface area contributed by atoms with E-state index in [1.54, 1.807) is 6.07 Å². The van der Waals surface area contributed by atoms with E-state index in [0.717, 1.165) is 11.1 Å². The molecule has 4 rings (SSSR count). The quantitative estimate of drug-likeness (QED) is 0.263. The average molecular weight is 415 g/mol. The van der Waals surface area contributed by atoms with E-state index in [4.69, 9.17) is 20.0 Å². The molecule has 0 unspecified atom stereocenters. The van der Waals surface area contributed by atoms with E-state index in [1.165, 1.54) is 19.2 Å². The van der Waals surface area contributed by atoms with Gasteiger partial charge in [0.2, 0.25) is 0 Å². The molecule has 0 aliphatic carbocycles. The highest BCUT2D eigenvalue weighted by atomic mass is 16.5. The summed E-state index contributed by atoms with van der Waals surface area (Å²) < 4.78 is 10.4. The molecule has 1 aromatic heterocycles. The first-order valence-corrected chi connectivity index (χ1v) is 9.21. The first kappa shape index (κ1) is 19.8. The summed E-state index contributed by atoms with van der Waals surface area (Å²) in [4.78, 5) is 23.0. The highest BCUT2D eigenvalue weighted by Gasteiger charge is 2.14. The Morgan fingerprint density at radius 3 is 2.23 bits per heavy atom. The van der Waals surface area contributed by atoms with E-state index >= 15 is 0 Å². The fourth-order valence-corrected chi connectivity index (χ4v) is 3.03. The van der Waals surface area contributed by atoms with Gasteiger partial charge in [-0.15, -0.1) is 5.11 Å². The van der Waals surface area contributed by atoms with Gasteiger partial charge >= 0.3 is 11.6 Å². The number of carbonyl (C=O) groups is 1. The fourth-order valence-electron chi connectivity index (χ4n) is 3.03. The highest BCUT2D eigenvalue weighted by Crippen LogP contribution is 2.34. The summed E-state index contributed by atoms with van der Waals surface area (Å²) in [6, 6.07) is 19.3.